The highest BCUT2D eigenvalue weighted by atomic mass is 32.2. The third-order valence-corrected chi connectivity index (χ3v) is 6.76. The van der Waals surface area contributed by atoms with Gasteiger partial charge in [-0.2, -0.15) is 4.31 Å². The maximum atomic E-state index is 12.8. The largest absolute Gasteiger partial charge is 0.379 e. The van der Waals surface area contributed by atoms with Crippen molar-refractivity contribution in [2.75, 3.05) is 36.9 Å². The van der Waals surface area contributed by atoms with Gasteiger partial charge in [0.05, 0.1) is 18.1 Å². The van der Waals surface area contributed by atoms with Crippen LogP contribution in [0.15, 0.2) is 47.4 Å². The second kappa shape index (κ2) is 8.94. The molecular formula is C21H27N3O4S. The highest BCUT2D eigenvalue weighted by molar-refractivity contribution is 7.89. The second-order valence-electron chi connectivity index (χ2n) is 7.22. The average molecular weight is 418 g/mol. The third-order valence-electron chi connectivity index (χ3n) is 4.87. The van der Waals surface area contributed by atoms with E-state index in [1.807, 2.05) is 32.0 Å². The number of amides is 1. The van der Waals surface area contributed by atoms with E-state index in [1.165, 1.54) is 16.4 Å². The molecule has 0 radical (unpaired) electrons. The maximum absolute atomic E-state index is 12.8. The SMILES string of the molecule is Cc1ccc(C)c(N[C@@H](C)C(=O)Nc2cccc(S(=O)(=O)N3CCOCC3)c2)c1. The molecule has 1 aliphatic heterocycles. The van der Waals surface area contributed by atoms with E-state index in [1.54, 1.807) is 19.1 Å². The lowest BCUT2D eigenvalue weighted by Crippen LogP contribution is -2.40. The van der Waals surface area contributed by atoms with E-state index >= 15 is 0 Å². The lowest BCUT2D eigenvalue weighted by molar-refractivity contribution is -0.116. The molecule has 1 atom stereocenters. The summed E-state index contributed by atoms with van der Waals surface area (Å²) in [5, 5.41) is 6.02. The number of nitrogens with one attached hydrogen (secondary N) is 2. The van der Waals surface area contributed by atoms with E-state index in [2.05, 4.69) is 10.6 Å². The molecule has 156 valence electrons. The Morgan fingerprint density at radius 2 is 1.83 bits per heavy atom. The Morgan fingerprint density at radius 3 is 2.55 bits per heavy atom. The number of morpholine rings is 1. The molecule has 0 aromatic heterocycles. The number of carbonyl (C=O) groups excluding carboxylic acids is 1. The predicted molar refractivity (Wildman–Crippen MR) is 114 cm³/mol. The van der Waals surface area contributed by atoms with Crippen molar-refractivity contribution < 1.29 is 17.9 Å². The van der Waals surface area contributed by atoms with Crippen LogP contribution in [0.25, 0.3) is 0 Å². The smallest absolute Gasteiger partial charge is 0.246 e. The van der Waals surface area contributed by atoms with Crippen LogP contribution in [0.4, 0.5) is 11.4 Å². The molecule has 0 aliphatic carbocycles. The number of rotatable bonds is 6. The topological polar surface area (TPSA) is 87.7 Å². The van der Waals surface area contributed by atoms with Gasteiger partial charge >= 0.3 is 0 Å². The van der Waals surface area contributed by atoms with Gasteiger partial charge < -0.3 is 15.4 Å². The molecular weight excluding hydrogens is 390 g/mol. The molecule has 29 heavy (non-hydrogen) atoms. The average Bonchev–Trinajstić information content (AvgIpc) is 2.71. The zero-order valence-electron chi connectivity index (χ0n) is 16.9. The fraction of sp³-hybridized carbons (Fsp3) is 0.381. The Balaban J connectivity index is 1.70. The summed E-state index contributed by atoms with van der Waals surface area (Å²) in [7, 11) is -3.61. The van der Waals surface area contributed by atoms with E-state index in [0.717, 1.165) is 16.8 Å². The summed E-state index contributed by atoms with van der Waals surface area (Å²) in [6.45, 7) is 7.17. The van der Waals surface area contributed by atoms with Gasteiger partial charge in [-0.05, 0) is 56.2 Å². The van der Waals surface area contributed by atoms with Crippen LogP contribution in [0.3, 0.4) is 0 Å². The number of benzene rings is 2. The minimum absolute atomic E-state index is 0.160. The number of sulfonamides is 1. The Kier molecular flexibility index (Phi) is 6.56. The second-order valence-corrected chi connectivity index (χ2v) is 9.16. The number of aryl methyl sites for hydroxylation is 2. The lowest BCUT2D eigenvalue weighted by Gasteiger charge is -2.26. The summed E-state index contributed by atoms with van der Waals surface area (Å²) in [4.78, 5) is 12.8. The monoisotopic (exact) mass is 417 g/mol. The molecule has 3 rings (SSSR count). The molecule has 1 fully saturated rings. The summed E-state index contributed by atoms with van der Waals surface area (Å²) in [5.41, 5.74) is 3.50. The van der Waals surface area contributed by atoms with E-state index in [-0.39, 0.29) is 10.8 Å². The van der Waals surface area contributed by atoms with Crippen LogP contribution in [0.5, 0.6) is 0 Å². The van der Waals surface area contributed by atoms with Gasteiger partial charge in [-0.15, -0.1) is 0 Å². The number of carbonyl (C=O) groups is 1. The molecule has 1 amide bonds. The fourth-order valence-electron chi connectivity index (χ4n) is 3.11. The number of anilines is 2. The van der Waals surface area contributed by atoms with Crippen molar-refractivity contribution in [2.45, 2.75) is 31.7 Å². The van der Waals surface area contributed by atoms with Crippen molar-refractivity contribution in [2.24, 2.45) is 0 Å². The van der Waals surface area contributed by atoms with Crippen molar-refractivity contribution in [1.29, 1.82) is 0 Å². The van der Waals surface area contributed by atoms with Crippen molar-refractivity contribution in [3.63, 3.8) is 0 Å². The van der Waals surface area contributed by atoms with E-state index in [4.69, 9.17) is 4.74 Å². The van der Waals surface area contributed by atoms with Crippen LogP contribution >= 0.6 is 0 Å². The van der Waals surface area contributed by atoms with E-state index in [9.17, 15) is 13.2 Å². The predicted octanol–water partition coefficient (Wildman–Crippen LogP) is 2.76. The Labute approximate surface area is 172 Å². The molecule has 0 saturated carbocycles. The van der Waals surface area contributed by atoms with Crippen LogP contribution in [0.1, 0.15) is 18.1 Å². The molecule has 0 unspecified atom stereocenters. The molecule has 2 aromatic rings. The minimum Gasteiger partial charge on any atom is -0.379 e. The lowest BCUT2D eigenvalue weighted by atomic mass is 10.1. The number of hydrogen-bond donors (Lipinski definition) is 2. The fourth-order valence-corrected chi connectivity index (χ4v) is 4.57. The van der Waals surface area contributed by atoms with Gasteiger partial charge in [0.15, 0.2) is 0 Å². The summed E-state index contributed by atoms with van der Waals surface area (Å²) < 4.78 is 32.3. The first kappa shape index (κ1) is 21.3. The van der Waals surface area contributed by atoms with Crippen LogP contribution in [-0.4, -0.2) is 51.0 Å². The van der Waals surface area contributed by atoms with E-state index in [0.29, 0.717) is 32.0 Å². The summed E-state index contributed by atoms with van der Waals surface area (Å²) in [5.74, 6) is -0.244. The minimum atomic E-state index is -3.61. The van der Waals surface area contributed by atoms with Crippen LogP contribution in [-0.2, 0) is 19.6 Å². The zero-order chi connectivity index (χ0) is 21.0. The first-order valence-electron chi connectivity index (χ1n) is 9.60. The quantitative estimate of drug-likeness (QED) is 0.755. The Morgan fingerprint density at radius 1 is 1.10 bits per heavy atom. The van der Waals surface area contributed by atoms with E-state index < -0.39 is 16.1 Å². The molecule has 2 aromatic carbocycles. The molecule has 2 N–H and O–H groups in total. The number of ether oxygens (including phenoxy) is 1. The van der Waals surface area contributed by atoms with Gasteiger partial charge in [-0.25, -0.2) is 8.42 Å². The summed E-state index contributed by atoms with van der Waals surface area (Å²) in [6, 6.07) is 11.9. The van der Waals surface area contributed by atoms with Crippen LogP contribution in [0, 0.1) is 13.8 Å². The number of nitrogens with zero attached hydrogens (tertiary/aromatic N) is 1. The van der Waals surface area contributed by atoms with Gasteiger partial charge in [0.25, 0.3) is 0 Å². The zero-order valence-corrected chi connectivity index (χ0v) is 17.8. The third kappa shape index (κ3) is 5.14. The molecule has 1 saturated heterocycles. The van der Waals surface area contributed by atoms with Gasteiger partial charge in [-0.1, -0.05) is 18.2 Å². The van der Waals surface area contributed by atoms with Crippen molar-refractivity contribution in [3.05, 3.63) is 53.6 Å². The summed E-state index contributed by atoms with van der Waals surface area (Å²) >= 11 is 0. The van der Waals surface area contributed by atoms with Crippen molar-refractivity contribution >= 4 is 27.3 Å². The standard InChI is InChI=1S/C21H27N3O4S/c1-15-7-8-16(2)20(13-15)22-17(3)21(25)23-18-5-4-6-19(14-18)29(26,27)24-9-11-28-12-10-24/h4-8,13-14,17,22H,9-12H2,1-3H3,(H,23,25)/t17-/m0/s1. The first-order chi connectivity index (χ1) is 13.8. The van der Waals surface area contributed by atoms with Crippen LogP contribution < -0.4 is 10.6 Å². The molecule has 8 heteroatoms. The van der Waals surface area contributed by atoms with Gasteiger partial charge in [-0.3, -0.25) is 4.79 Å². The maximum Gasteiger partial charge on any atom is 0.246 e. The summed E-state index contributed by atoms with van der Waals surface area (Å²) in [6.07, 6.45) is 0. The molecule has 1 aliphatic rings. The van der Waals surface area contributed by atoms with Gasteiger partial charge in [0.2, 0.25) is 15.9 Å². The van der Waals surface area contributed by atoms with Crippen molar-refractivity contribution in [3.8, 4) is 0 Å². The van der Waals surface area contributed by atoms with Gasteiger partial charge in [0.1, 0.15) is 6.04 Å². The Hall–Kier alpha value is -2.42. The normalized spacial score (nSPS) is 16.2. The molecule has 7 nitrogen and oxygen atoms in total. The highest BCUT2D eigenvalue weighted by Gasteiger charge is 2.26. The van der Waals surface area contributed by atoms with Crippen LogP contribution in [0.2, 0.25) is 0 Å². The highest BCUT2D eigenvalue weighted by Crippen LogP contribution is 2.21. The number of hydrogen-bond acceptors (Lipinski definition) is 5. The molecule has 1 heterocycles. The molecule has 0 spiro atoms. The molecule has 0 bridgehead atoms. The first-order valence-corrected chi connectivity index (χ1v) is 11.0. The van der Waals surface area contributed by atoms with Crippen molar-refractivity contribution in [1.82, 2.24) is 4.31 Å². The van der Waals surface area contributed by atoms with Gasteiger partial charge in [0, 0.05) is 24.5 Å². The Bertz CT molecular complexity index is 985.